The molecule has 0 aromatic heterocycles. The van der Waals surface area contributed by atoms with Crippen molar-refractivity contribution in [1.29, 1.82) is 0 Å². The molecule has 11 heteroatoms. The molecule has 0 radical (unpaired) electrons. The van der Waals surface area contributed by atoms with Crippen molar-refractivity contribution in [3.63, 3.8) is 0 Å². The third-order valence-electron chi connectivity index (χ3n) is 3.11. The second kappa shape index (κ2) is 9.54. The van der Waals surface area contributed by atoms with Gasteiger partial charge in [-0.1, -0.05) is 0 Å². The number of ether oxygens (including phenoxy) is 5. The summed E-state index contributed by atoms with van der Waals surface area (Å²) in [5.41, 5.74) is 0. The molecule has 1 aliphatic heterocycles. The zero-order valence-corrected chi connectivity index (χ0v) is 14.9. The van der Waals surface area contributed by atoms with Crippen molar-refractivity contribution >= 4 is 35.7 Å². The number of nitrogens with one attached hydrogen (secondary N) is 1. The maximum Gasteiger partial charge on any atom is 0.304 e. The van der Waals surface area contributed by atoms with E-state index in [1.165, 1.54) is 6.92 Å². The van der Waals surface area contributed by atoms with E-state index in [9.17, 15) is 19.2 Å². The molecule has 25 heavy (non-hydrogen) atoms. The van der Waals surface area contributed by atoms with Gasteiger partial charge in [-0.15, -0.1) is 0 Å². The second-order valence-electron chi connectivity index (χ2n) is 5.24. The van der Waals surface area contributed by atoms with Gasteiger partial charge < -0.3 is 23.7 Å². The van der Waals surface area contributed by atoms with Gasteiger partial charge in [0.1, 0.15) is 18.8 Å². The van der Waals surface area contributed by atoms with E-state index in [1.54, 1.807) is 0 Å². The van der Waals surface area contributed by atoms with Crippen LogP contribution in [0.2, 0.25) is 0 Å². The van der Waals surface area contributed by atoms with Gasteiger partial charge >= 0.3 is 23.9 Å². The van der Waals surface area contributed by atoms with E-state index >= 15 is 0 Å². The van der Waals surface area contributed by atoms with Crippen LogP contribution >= 0.6 is 11.8 Å². The van der Waals surface area contributed by atoms with Crippen LogP contribution in [0.5, 0.6) is 0 Å². The minimum atomic E-state index is -1.27. The van der Waals surface area contributed by atoms with Crippen molar-refractivity contribution in [2.75, 3.05) is 6.61 Å². The third kappa shape index (κ3) is 6.48. The molecule has 5 atom stereocenters. The summed E-state index contributed by atoms with van der Waals surface area (Å²) >= 11 is 5.68. The molecule has 1 saturated heterocycles. The van der Waals surface area contributed by atoms with Crippen LogP contribution in [0, 0.1) is 0 Å². The molecule has 1 fully saturated rings. The molecular weight excluding hydrogens is 362 g/mol. The lowest BCUT2D eigenvalue weighted by molar-refractivity contribution is -0.269. The van der Waals surface area contributed by atoms with Crippen LogP contribution in [0.4, 0.5) is 0 Å². The van der Waals surface area contributed by atoms with Gasteiger partial charge in [-0.3, -0.25) is 19.2 Å². The lowest BCUT2D eigenvalue weighted by Crippen LogP contribution is -2.65. The predicted octanol–water partition coefficient (Wildman–Crippen LogP) is -0.187. The van der Waals surface area contributed by atoms with Gasteiger partial charge in [-0.05, 0) is 11.8 Å². The van der Waals surface area contributed by atoms with Crippen LogP contribution in [-0.2, 0) is 42.9 Å². The molecule has 1 N–H and O–H groups in total. The van der Waals surface area contributed by atoms with E-state index in [2.05, 4.69) is 4.84 Å². The molecule has 10 nitrogen and oxygen atoms in total. The van der Waals surface area contributed by atoms with Gasteiger partial charge in [0, 0.05) is 27.7 Å². The summed E-state index contributed by atoms with van der Waals surface area (Å²) < 4.78 is 25.8. The number of rotatable bonds is 6. The lowest BCUT2D eigenvalue weighted by Gasteiger charge is -2.43. The highest BCUT2D eigenvalue weighted by atomic mass is 35.5. The molecule has 0 aliphatic carbocycles. The summed E-state index contributed by atoms with van der Waals surface area (Å²) in [7, 11) is 0. The van der Waals surface area contributed by atoms with Crippen molar-refractivity contribution in [2.45, 2.75) is 58.3 Å². The first-order valence-corrected chi connectivity index (χ1v) is 7.70. The summed E-state index contributed by atoms with van der Waals surface area (Å²) in [5.74, 6) is -2.65. The summed E-state index contributed by atoms with van der Waals surface area (Å²) in [4.78, 5) is 47.5. The van der Waals surface area contributed by atoms with E-state index in [0.29, 0.717) is 0 Å². The van der Waals surface area contributed by atoms with Crippen LogP contribution in [-0.4, -0.2) is 61.1 Å². The average Bonchev–Trinajstić information content (AvgIpc) is 2.46. The zero-order valence-electron chi connectivity index (χ0n) is 14.1. The van der Waals surface area contributed by atoms with Crippen molar-refractivity contribution in [2.24, 2.45) is 0 Å². The molecule has 0 bridgehead atoms. The fraction of sp³-hybridized carbons (Fsp3) is 0.714. The number of halogens is 1. The van der Waals surface area contributed by atoms with E-state index in [4.69, 9.17) is 35.5 Å². The smallest absolute Gasteiger partial charge is 0.304 e. The summed E-state index contributed by atoms with van der Waals surface area (Å²) in [6.45, 7) is 4.30. The average molecular weight is 382 g/mol. The van der Waals surface area contributed by atoms with Crippen molar-refractivity contribution in [1.82, 2.24) is 4.84 Å². The second-order valence-corrected chi connectivity index (χ2v) is 5.46. The first kappa shape index (κ1) is 21.1. The fourth-order valence-corrected chi connectivity index (χ4v) is 2.51. The van der Waals surface area contributed by atoms with Crippen LogP contribution in [0.15, 0.2) is 0 Å². The monoisotopic (exact) mass is 381 g/mol. The molecular formula is C14H20ClNO9. The largest absolute Gasteiger partial charge is 0.463 e. The Hall–Kier alpha value is -1.91. The molecule has 1 rings (SSSR count). The fourth-order valence-electron chi connectivity index (χ4n) is 2.28. The van der Waals surface area contributed by atoms with Gasteiger partial charge in [-0.25, -0.2) is 4.84 Å². The van der Waals surface area contributed by atoms with Gasteiger partial charge in [0.25, 0.3) is 0 Å². The Bertz CT molecular complexity index is 526. The van der Waals surface area contributed by atoms with Crippen LogP contribution < -0.4 is 4.84 Å². The van der Waals surface area contributed by atoms with Crippen molar-refractivity contribution < 1.29 is 42.9 Å². The summed E-state index contributed by atoms with van der Waals surface area (Å²) in [5, 5.41) is 0. The van der Waals surface area contributed by atoms with Gasteiger partial charge in [0.2, 0.25) is 6.29 Å². The zero-order chi connectivity index (χ0) is 19.1. The quantitative estimate of drug-likeness (QED) is 0.375. The minimum Gasteiger partial charge on any atom is -0.463 e. The van der Waals surface area contributed by atoms with Crippen molar-refractivity contribution in [3.05, 3.63) is 0 Å². The van der Waals surface area contributed by atoms with E-state index < -0.39 is 54.5 Å². The molecule has 1 heterocycles. The van der Waals surface area contributed by atoms with Gasteiger partial charge in [0.05, 0.1) is 0 Å². The number of esters is 4. The van der Waals surface area contributed by atoms with Gasteiger partial charge in [0.15, 0.2) is 12.2 Å². The Morgan fingerprint density at radius 1 is 0.880 bits per heavy atom. The Kier molecular flexibility index (Phi) is 8.07. The van der Waals surface area contributed by atoms with Crippen LogP contribution in [0.1, 0.15) is 27.7 Å². The first-order chi connectivity index (χ1) is 11.6. The van der Waals surface area contributed by atoms with Gasteiger partial charge in [-0.2, -0.15) is 0 Å². The molecule has 0 saturated carbocycles. The highest BCUT2D eigenvalue weighted by Crippen LogP contribution is 2.28. The number of hydrogen-bond acceptors (Lipinski definition) is 10. The Balaban J connectivity index is 3.16. The highest BCUT2D eigenvalue weighted by Gasteiger charge is 2.51. The van der Waals surface area contributed by atoms with E-state index in [1.807, 2.05) is 0 Å². The number of hydrogen-bond donors (Lipinski definition) is 1. The lowest BCUT2D eigenvalue weighted by atomic mass is 9.97. The van der Waals surface area contributed by atoms with Crippen LogP contribution in [0.3, 0.4) is 0 Å². The maximum atomic E-state index is 11.4. The number of carbonyl (C=O) groups excluding carboxylic acids is 4. The SMILES string of the molecule is CC(=O)OCC1O[C@H](OC(C)=O)C(NCl)[C@@H](OC(C)=O)[C@@H]1OC(C)=O. The van der Waals surface area contributed by atoms with Crippen molar-refractivity contribution in [3.8, 4) is 0 Å². The maximum absolute atomic E-state index is 11.4. The highest BCUT2D eigenvalue weighted by molar-refractivity contribution is 6.13. The van der Waals surface area contributed by atoms with Crippen LogP contribution in [0.25, 0.3) is 0 Å². The van der Waals surface area contributed by atoms with E-state index in [-0.39, 0.29) is 6.61 Å². The first-order valence-electron chi connectivity index (χ1n) is 7.32. The third-order valence-corrected chi connectivity index (χ3v) is 3.36. The molecule has 142 valence electrons. The normalized spacial score (nSPS) is 28.6. The minimum absolute atomic E-state index is 0.322. The topological polar surface area (TPSA) is 126 Å². The molecule has 0 aromatic carbocycles. The molecule has 2 unspecified atom stereocenters. The number of carbonyl (C=O) groups is 4. The summed E-state index contributed by atoms with van der Waals surface area (Å²) in [6, 6.07) is -1.03. The van der Waals surface area contributed by atoms with E-state index in [0.717, 1.165) is 20.8 Å². The molecule has 0 spiro atoms. The Morgan fingerprint density at radius 2 is 1.40 bits per heavy atom. The predicted molar refractivity (Wildman–Crippen MR) is 80.9 cm³/mol. The summed E-state index contributed by atoms with van der Waals surface area (Å²) in [6.07, 6.45) is -4.63. The molecule has 0 aromatic rings. The molecule has 0 amide bonds. The standard InChI is InChI=1S/C14H20ClNO9/c1-6(17)21-5-10-12(22-7(2)18)13(23-8(3)19)11(16-15)14(25-10)24-9(4)20/h10-14,16H,5H2,1-4H3/t10?,11?,12-,13-,14+/m1/s1. The molecule has 1 aliphatic rings. The Labute approximate surface area is 149 Å². The Morgan fingerprint density at radius 3 is 1.84 bits per heavy atom.